The number of ether oxygens (including phenoxy) is 3. The molecule has 2 aromatic rings. The minimum absolute atomic E-state index is 0.0790. The van der Waals surface area contributed by atoms with Gasteiger partial charge < -0.3 is 30.2 Å². The van der Waals surface area contributed by atoms with Crippen molar-refractivity contribution in [2.45, 2.75) is 50.9 Å². The number of fused-ring (bicyclic) bond motifs is 1. The lowest BCUT2D eigenvalue weighted by Gasteiger charge is -2.38. The zero-order valence-corrected chi connectivity index (χ0v) is 25.9. The number of rotatable bonds is 9. The van der Waals surface area contributed by atoms with E-state index in [9.17, 15) is 27.2 Å². The van der Waals surface area contributed by atoms with Crippen LogP contribution in [0.4, 0.5) is 27.6 Å². The number of benzene rings is 2. The van der Waals surface area contributed by atoms with Crippen LogP contribution in [0.5, 0.6) is 5.75 Å². The molecule has 2 aliphatic heterocycles. The van der Waals surface area contributed by atoms with E-state index in [2.05, 4.69) is 20.9 Å². The van der Waals surface area contributed by atoms with Gasteiger partial charge in [-0.3, -0.25) is 14.6 Å². The third kappa shape index (κ3) is 8.17. The number of alkyl halides is 3. The molecular formula is C33H35F5N4O5. The summed E-state index contributed by atoms with van der Waals surface area (Å²) >= 11 is 0. The average molecular weight is 663 g/mol. The first-order chi connectivity index (χ1) is 22.4. The van der Waals surface area contributed by atoms with E-state index < -0.39 is 52.9 Å². The van der Waals surface area contributed by atoms with Gasteiger partial charge in [-0.05, 0) is 75.2 Å². The van der Waals surface area contributed by atoms with E-state index in [1.807, 2.05) is 13.0 Å². The van der Waals surface area contributed by atoms with Crippen molar-refractivity contribution in [3.05, 3.63) is 82.3 Å². The minimum atomic E-state index is -4.71. The van der Waals surface area contributed by atoms with Crippen molar-refractivity contribution in [3.8, 4) is 5.75 Å². The third-order valence-electron chi connectivity index (χ3n) is 8.31. The Morgan fingerprint density at radius 2 is 1.83 bits per heavy atom. The van der Waals surface area contributed by atoms with Crippen molar-refractivity contribution in [1.29, 1.82) is 0 Å². The molecule has 1 aliphatic carbocycles. The lowest BCUT2D eigenvalue weighted by atomic mass is 9.84. The Hall–Kier alpha value is -4.30. The van der Waals surface area contributed by atoms with Crippen molar-refractivity contribution in [2.75, 3.05) is 38.7 Å². The molecule has 0 spiro atoms. The second-order valence-electron chi connectivity index (χ2n) is 11.7. The normalized spacial score (nSPS) is 20.1. The number of piperidine rings is 1. The molecule has 5 rings (SSSR count). The van der Waals surface area contributed by atoms with E-state index in [0.717, 1.165) is 37.7 Å². The molecule has 2 aromatic carbocycles. The summed E-state index contributed by atoms with van der Waals surface area (Å²) in [5.74, 6) is -2.87. The number of nitrogens with one attached hydrogen (secondary N) is 3. The first-order valence-electron chi connectivity index (χ1n) is 15.2. The van der Waals surface area contributed by atoms with E-state index in [1.54, 1.807) is 7.11 Å². The molecule has 14 heteroatoms. The molecule has 0 saturated carbocycles. The van der Waals surface area contributed by atoms with Crippen LogP contribution < -0.4 is 20.7 Å². The van der Waals surface area contributed by atoms with Crippen molar-refractivity contribution in [3.63, 3.8) is 0 Å². The Kier molecular flexibility index (Phi) is 10.3. The van der Waals surface area contributed by atoms with Crippen LogP contribution in [0, 0.1) is 17.6 Å². The topological polar surface area (TPSA) is 110 Å². The number of carbonyl (C=O) groups is 2. The van der Waals surface area contributed by atoms with E-state index in [4.69, 9.17) is 14.2 Å². The SMILES string of the molecule is COC1=CC2=C(Oc3ccc(NC(=O)C(=O)NCc4cc(C(F)(F)F)ccc4F)cc3F)CCN=C2CC1(C)OCC1CCNCC1. The van der Waals surface area contributed by atoms with Crippen LogP contribution in [0.25, 0.3) is 0 Å². The number of hydrogen-bond acceptors (Lipinski definition) is 7. The smallest absolute Gasteiger partial charge is 0.416 e. The van der Waals surface area contributed by atoms with Gasteiger partial charge in [0.1, 0.15) is 22.9 Å². The Balaban J connectivity index is 1.23. The number of anilines is 1. The van der Waals surface area contributed by atoms with Gasteiger partial charge in [-0.1, -0.05) is 0 Å². The quantitative estimate of drug-likeness (QED) is 0.244. The lowest BCUT2D eigenvalue weighted by molar-refractivity contribution is -0.137. The minimum Gasteiger partial charge on any atom is -0.498 e. The van der Waals surface area contributed by atoms with Gasteiger partial charge in [-0.25, -0.2) is 8.78 Å². The first-order valence-corrected chi connectivity index (χ1v) is 15.2. The van der Waals surface area contributed by atoms with Gasteiger partial charge in [0.05, 0.1) is 19.3 Å². The number of carbonyl (C=O) groups excluding carboxylic acids is 2. The number of halogens is 5. The molecule has 3 aliphatic rings. The predicted molar refractivity (Wildman–Crippen MR) is 163 cm³/mol. The zero-order valence-electron chi connectivity index (χ0n) is 25.9. The first kappa shape index (κ1) is 34.0. The molecule has 0 bridgehead atoms. The summed E-state index contributed by atoms with van der Waals surface area (Å²) in [6, 6.07) is 5.30. The van der Waals surface area contributed by atoms with Gasteiger partial charge in [0.2, 0.25) is 0 Å². The maximum absolute atomic E-state index is 15.1. The summed E-state index contributed by atoms with van der Waals surface area (Å²) in [6.07, 6.45) is 0.0428. The standard InChI is InChI=1S/C33H35F5N4O5/c1-32(46-18-19-7-10-39-11-8-19)16-26-23(15-29(32)45-2)27(9-12-40-26)47-28-6-4-22(14-25(28)35)42-31(44)30(43)41-17-20-13-21(33(36,37)38)3-5-24(20)34/h3-6,13-15,19,39H,7-12,16-18H2,1-2H3,(H,41,43)(H,42,44). The van der Waals surface area contributed by atoms with Crippen LogP contribution in [0.2, 0.25) is 0 Å². The maximum atomic E-state index is 15.1. The lowest BCUT2D eigenvalue weighted by Crippen LogP contribution is -2.41. The number of hydrogen-bond donors (Lipinski definition) is 3. The fraction of sp³-hybridized carbons (Fsp3) is 0.424. The molecule has 1 saturated heterocycles. The van der Waals surface area contributed by atoms with Crippen LogP contribution in [0.15, 0.2) is 64.6 Å². The number of amides is 2. The highest BCUT2D eigenvalue weighted by atomic mass is 19.4. The Labute approximate surface area is 268 Å². The number of allylic oxidation sites excluding steroid dienone is 2. The van der Waals surface area contributed by atoms with E-state index >= 15 is 4.39 Å². The van der Waals surface area contributed by atoms with Crippen molar-refractivity contribution in [1.82, 2.24) is 10.6 Å². The predicted octanol–water partition coefficient (Wildman–Crippen LogP) is 5.43. The van der Waals surface area contributed by atoms with Gasteiger partial charge in [0.15, 0.2) is 11.6 Å². The van der Waals surface area contributed by atoms with Crippen LogP contribution in [-0.2, 0) is 31.8 Å². The maximum Gasteiger partial charge on any atom is 0.416 e. The third-order valence-corrected chi connectivity index (χ3v) is 8.31. The molecule has 1 unspecified atom stereocenters. The molecule has 0 aromatic heterocycles. The summed E-state index contributed by atoms with van der Waals surface area (Å²) in [5, 5.41) is 7.62. The van der Waals surface area contributed by atoms with Gasteiger partial charge in [0, 0.05) is 54.5 Å². The van der Waals surface area contributed by atoms with Gasteiger partial charge in [-0.15, -0.1) is 0 Å². The van der Waals surface area contributed by atoms with Crippen LogP contribution in [-0.4, -0.2) is 56.5 Å². The highest BCUT2D eigenvalue weighted by molar-refractivity contribution is 6.39. The largest absolute Gasteiger partial charge is 0.498 e. The molecule has 47 heavy (non-hydrogen) atoms. The van der Waals surface area contributed by atoms with Crippen LogP contribution in [0.3, 0.4) is 0 Å². The molecule has 252 valence electrons. The fourth-order valence-corrected chi connectivity index (χ4v) is 5.66. The Bertz CT molecular complexity index is 1620. The van der Waals surface area contributed by atoms with E-state index in [0.29, 0.717) is 67.2 Å². The molecule has 9 nitrogen and oxygen atoms in total. The fourth-order valence-electron chi connectivity index (χ4n) is 5.66. The van der Waals surface area contributed by atoms with Crippen LogP contribution in [0.1, 0.15) is 43.7 Å². The Morgan fingerprint density at radius 1 is 1.06 bits per heavy atom. The summed E-state index contributed by atoms with van der Waals surface area (Å²) in [5.41, 5.74) is -0.915. The highest BCUT2D eigenvalue weighted by Gasteiger charge is 2.40. The van der Waals surface area contributed by atoms with E-state index in [1.165, 1.54) is 12.1 Å². The van der Waals surface area contributed by atoms with Crippen LogP contribution >= 0.6 is 0 Å². The summed E-state index contributed by atoms with van der Waals surface area (Å²) in [7, 11) is 1.57. The monoisotopic (exact) mass is 662 g/mol. The second-order valence-corrected chi connectivity index (χ2v) is 11.7. The molecule has 1 fully saturated rings. The number of dihydropyridines is 1. The molecule has 1 atom stereocenters. The molecule has 3 N–H and O–H groups in total. The van der Waals surface area contributed by atoms with E-state index in [-0.39, 0.29) is 11.4 Å². The second kappa shape index (κ2) is 14.2. The molecule has 0 radical (unpaired) electrons. The summed E-state index contributed by atoms with van der Waals surface area (Å²) in [4.78, 5) is 29.3. The Morgan fingerprint density at radius 3 is 2.53 bits per heavy atom. The average Bonchev–Trinajstić information content (AvgIpc) is 3.04. The van der Waals surface area contributed by atoms with Gasteiger partial charge in [0.25, 0.3) is 0 Å². The molecule has 2 amide bonds. The summed E-state index contributed by atoms with van der Waals surface area (Å²) in [6.45, 7) is 4.25. The molecule has 2 heterocycles. The van der Waals surface area contributed by atoms with Crippen molar-refractivity contribution in [2.24, 2.45) is 10.9 Å². The van der Waals surface area contributed by atoms with Crippen molar-refractivity contribution >= 4 is 23.2 Å². The zero-order chi connectivity index (χ0) is 33.8. The highest BCUT2D eigenvalue weighted by Crippen LogP contribution is 2.38. The number of aliphatic imine (C=N–C) groups is 1. The molecular weight excluding hydrogens is 627 g/mol. The number of nitrogens with zero attached hydrogens (tertiary/aromatic N) is 1. The van der Waals surface area contributed by atoms with Crippen molar-refractivity contribution < 1.29 is 45.8 Å². The number of methoxy groups -OCH3 is 1. The summed E-state index contributed by atoms with van der Waals surface area (Å²) < 4.78 is 86.0. The van der Waals surface area contributed by atoms with Gasteiger partial charge in [-0.2, -0.15) is 13.2 Å². The van der Waals surface area contributed by atoms with Gasteiger partial charge >= 0.3 is 18.0 Å².